The molecule has 6 nitrogen and oxygen atoms in total. The number of hydrogen-bond donors (Lipinski definition) is 1. The fraction of sp³-hybridized carbons (Fsp3) is 0.625. The van der Waals surface area contributed by atoms with Gasteiger partial charge in [0.15, 0.2) is 0 Å². The normalized spacial score (nSPS) is 23.6. The van der Waals surface area contributed by atoms with Crippen molar-refractivity contribution in [2.45, 2.75) is 64.0 Å². The molecule has 2 heterocycles. The Morgan fingerprint density at radius 1 is 0.933 bits per heavy atom. The number of amides is 3. The molecule has 1 N–H and O–H groups in total. The van der Waals surface area contributed by atoms with Crippen molar-refractivity contribution in [3.63, 3.8) is 0 Å². The van der Waals surface area contributed by atoms with Gasteiger partial charge >= 0.3 is 0 Å². The van der Waals surface area contributed by atoms with E-state index in [9.17, 15) is 14.4 Å². The van der Waals surface area contributed by atoms with E-state index in [2.05, 4.69) is 5.32 Å². The van der Waals surface area contributed by atoms with E-state index >= 15 is 0 Å². The summed E-state index contributed by atoms with van der Waals surface area (Å²) < 4.78 is 0. The highest BCUT2D eigenvalue weighted by atomic mass is 16.2. The van der Waals surface area contributed by atoms with E-state index in [0.717, 1.165) is 44.3 Å². The molecule has 4 rings (SSSR count). The van der Waals surface area contributed by atoms with E-state index < -0.39 is 0 Å². The number of piperidine rings is 1. The molecule has 30 heavy (non-hydrogen) atoms. The van der Waals surface area contributed by atoms with Crippen LogP contribution in [0.25, 0.3) is 0 Å². The van der Waals surface area contributed by atoms with Crippen molar-refractivity contribution in [3.8, 4) is 0 Å². The molecule has 0 spiro atoms. The van der Waals surface area contributed by atoms with Gasteiger partial charge in [-0.05, 0) is 31.2 Å². The van der Waals surface area contributed by atoms with Crippen LogP contribution in [0.5, 0.6) is 0 Å². The summed E-state index contributed by atoms with van der Waals surface area (Å²) in [4.78, 5) is 41.6. The molecule has 2 saturated heterocycles. The van der Waals surface area contributed by atoms with E-state index in [4.69, 9.17) is 0 Å². The summed E-state index contributed by atoms with van der Waals surface area (Å²) in [6.07, 6.45) is 7.56. The first kappa shape index (κ1) is 20.9. The maximum atomic E-state index is 12.7. The van der Waals surface area contributed by atoms with Crippen molar-refractivity contribution >= 4 is 17.7 Å². The zero-order chi connectivity index (χ0) is 20.9. The molecule has 0 bridgehead atoms. The smallest absolute Gasteiger partial charge is 0.225 e. The third-order valence-corrected chi connectivity index (χ3v) is 6.91. The highest BCUT2D eigenvalue weighted by molar-refractivity contribution is 5.89. The summed E-state index contributed by atoms with van der Waals surface area (Å²) in [5, 5.41) is 3.15. The summed E-state index contributed by atoms with van der Waals surface area (Å²) in [6.45, 7) is 2.50. The Morgan fingerprint density at radius 3 is 2.33 bits per heavy atom. The van der Waals surface area contributed by atoms with Gasteiger partial charge in [0.05, 0.1) is 5.92 Å². The summed E-state index contributed by atoms with van der Waals surface area (Å²) in [5.74, 6) is 0.286. The predicted octanol–water partition coefficient (Wildman–Crippen LogP) is 2.72. The van der Waals surface area contributed by atoms with E-state index in [1.54, 1.807) is 4.90 Å². The maximum absolute atomic E-state index is 12.7. The fourth-order valence-electron chi connectivity index (χ4n) is 5.08. The van der Waals surface area contributed by atoms with Gasteiger partial charge < -0.3 is 15.1 Å². The van der Waals surface area contributed by atoms with Crippen LogP contribution in [0.4, 0.5) is 0 Å². The predicted molar refractivity (Wildman–Crippen MR) is 114 cm³/mol. The Kier molecular flexibility index (Phi) is 6.70. The monoisotopic (exact) mass is 411 g/mol. The molecule has 1 unspecified atom stereocenters. The second kappa shape index (κ2) is 9.63. The summed E-state index contributed by atoms with van der Waals surface area (Å²) in [7, 11) is 0. The first-order chi connectivity index (χ1) is 14.6. The molecule has 3 aliphatic rings. The number of benzene rings is 1. The lowest BCUT2D eigenvalue weighted by Gasteiger charge is -2.35. The van der Waals surface area contributed by atoms with Gasteiger partial charge in [-0.25, -0.2) is 0 Å². The van der Waals surface area contributed by atoms with Crippen LogP contribution in [0.2, 0.25) is 0 Å². The van der Waals surface area contributed by atoms with Gasteiger partial charge in [0.1, 0.15) is 0 Å². The molecule has 162 valence electrons. The van der Waals surface area contributed by atoms with E-state index in [1.165, 1.54) is 19.3 Å². The Labute approximate surface area is 179 Å². The van der Waals surface area contributed by atoms with Crippen molar-refractivity contribution < 1.29 is 14.4 Å². The first-order valence-electron chi connectivity index (χ1n) is 11.5. The second-order valence-corrected chi connectivity index (χ2v) is 9.10. The maximum Gasteiger partial charge on any atom is 0.225 e. The van der Waals surface area contributed by atoms with Crippen LogP contribution in [0.3, 0.4) is 0 Å². The number of nitrogens with one attached hydrogen (secondary N) is 1. The van der Waals surface area contributed by atoms with Crippen molar-refractivity contribution in [1.82, 2.24) is 15.1 Å². The molecule has 6 heteroatoms. The second-order valence-electron chi connectivity index (χ2n) is 9.10. The minimum Gasteiger partial charge on any atom is -0.353 e. The van der Waals surface area contributed by atoms with Gasteiger partial charge in [0, 0.05) is 44.6 Å². The molecule has 1 atom stereocenters. The molecule has 1 saturated carbocycles. The lowest BCUT2D eigenvalue weighted by molar-refractivity contribution is -0.138. The molecule has 2 aliphatic heterocycles. The Hall–Kier alpha value is -2.37. The van der Waals surface area contributed by atoms with Crippen LogP contribution >= 0.6 is 0 Å². The van der Waals surface area contributed by atoms with Gasteiger partial charge in [-0.15, -0.1) is 0 Å². The zero-order valence-corrected chi connectivity index (χ0v) is 17.7. The lowest BCUT2D eigenvalue weighted by atomic mass is 9.87. The molecule has 0 aromatic heterocycles. The molecule has 1 aromatic carbocycles. The lowest BCUT2D eigenvalue weighted by Crippen LogP contribution is -2.49. The summed E-state index contributed by atoms with van der Waals surface area (Å²) in [5.41, 5.74) is 1.09. The molecule has 0 radical (unpaired) electrons. The number of rotatable bonds is 5. The Balaban J connectivity index is 1.22. The molecular weight excluding hydrogens is 378 g/mol. The number of nitrogens with zero attached hydrogens (tertiary/aromatic N) is 2. The van der Waals surface area contributed by atoms with E-state index in [1.807, 2.05) is 35.2 Å². The highest BCUT2D eigenvalue weighted by Gasteiger charge is 2.36. The van der Waals surface area contributed by atoms with Crippen LogP contribution in [0, 0.1) is 11.8 Å². The number of carbonyl (C=O) groups excluding carboxylic acids is 3. The Morgan fingerprint density at radius 2 is 1.63 bits per heavy atom. The first-order valence-corrected chi connectivity index (χ1v) is 11.5. The van der Waals surface area contributed by atoms with Crippen LogP contribution in [0.1, 0.15) is 56.9 Å². The number of hydrogen-bond acceptors (Lipinski definition) is 3. The number of carbonyl (C=O) groups is 3. The minimum atomic E-state index is -0.275. The van der Waals surface area contributed by atoms with Crippen molar-refractivity contribution in [1.29, 1.82) is 0 Å². The highest BCUT2D eigenvalue weighted by Crippen LogP contribution is 2.27. The van der Waals surface area contributed by atoms with Crippen LogP contribution < -0.4 is 5.32 Å². The average molecular weight is 412 g/mol. The molecule has 1 aromatic rings. The third kappa shape index (κ3) is 5.02. The van der Waals surface area contributed by atoms with Crippen molar-refractivity contribution in [3.05, 3.63) is 35.9 Å². The van der Waals surface area contributed by atoms with Gasteiger partial charge in [-0.3, -0.25) is 14.4 Å². The fourth-order valence-corrected chi connectivity index (χ4v) is 5.08. The minimum absolute atomic E-state index is 0.0176. The van der Waals surface area contributed by atoms with Gasteiger partial charge in [0.25, 0.3) is 0 Å². The third-order valence-electron chi connectivity index (χ3n) is 6.91. The SMILES string of the molecule is O=C(NC1CCN(C(=O)C2CCCCC2)CC1)C1CC(=O)N(Cc2ccccc2)C1. The van der Waals surface area contributed by atoms with Gasteiger partial charge in [0.2, 0.25) is 17.7 Å². The van der Waals surface area contributed by atoms with Crippen LogP contribution in [-0.2, 0) is 20.9 Å². The van der Waals surface area contributed by atoms with Gasteiger partial charge in [-0.2, -0.15) is 0 Å². The standard InChI is InChI=1S/C24H33N3O3/c28-22-15-20(17-27(22)16-18-7-3-1-4-8-18)23(29)25-21-11-13-26(14-12-21)24(30)19-9-5-2-6-10-19/h1,3-4,7-8,19-21H,2,5-6,9-17H2,(H,25,29). The average Bonchev–Trinajstić information content (AvgIpc) is 3.15. The summed E-state index contributed by atoms with van der Waals surface area (Å²) >= 11 is 0. The largest absolute Gasteiger partial charge is 0.353 e. The molecule has 3 amide bonds. The Bertz CT molecular complexity index is 752. The van der Waals surface area contributed by atoms with Crippen LogP contribution in [0.15, 0.2) is 30.3 Å². The molecule has 1 aliphatic carbocycles. The van der Waals surface area contributed by atoms with Gasteiger partial charge in [-0.1, -0.05) is 49.6 Å². The van der Waals surface area contributed by atoms with Crippen LogP contribution in [-0.4, -0.2) is 53.2 Å². The number of likely N-dealkylation sites (tertiary alicyclic amines) is 2. The quantitative estimate of drug-likeness (QED) is 0.810. The van der Waals surface area contributed by atoms with E-state index in [-0.39, 0.29) is 36.1 Å². The summed E-state index contributed by atoms with van der Waals surface area (Å²) in [6, 6.07) is 9.99. The molecular formula is C24H33N3O3. The van der Waals surface area contributed by atoms with E-state index in [0.29, 0.717) is 19.0 Å². The molecule has 3 fully saturated rings. The van der Waals surface area contributed by atoms with Crippen molar-refractivity contribution in [2.75, 3.05) is 19.6 Å². The van der Waals surface area contributed by atoms with Crippen molar-refractivity contribution in [2.24, 2.45) is 11.8 Å². The zero-order valence-electron chi connectivity index (χ0n) is 17.7. The topological polar surface area (TPSA) is 69.7 Å².